The molecule has 4 rings (SSSR count). The summed E-state index contributed by atoms with van der Waals surface area (Å²) in [5, 5.41) is 39.0. The zero-order valence-corrected chi connectivity index (χ0v) is 24.2. The molecule has 0 aliphatic carbocycles. The monoisotopic (exact) mass is 556 g/mol. The van der Waals surface area contributed by atoms with Crippen molar-refractivity contribution in [3.05, 3.63) is 59.0 Å². The van der Waals surface area contributed by atoms with Crippen molar-refractivity contribution in [1.82, 2.24) is 0 Å². The van der Waals surface area contributed by atoms with E-state index in [0.717, 1.165) is 6.26 Å². The number of carbonyl (C=O) groups is 1. The number of aliphatic carboxylic acids is 1. The van der Waals surface area contributed by atoms with Gasteiger partial charge in [0.25, 0.3) is 0 Å². The Morgan fingerprint density at radius 2 is 1.54 bits per heavy atom. The van der Waals surface area contributed by atoms with E-state index in [9.17, 15) is 33.3 Å². The van der Waals surface area contributed by atoms with Gasteiger partial charge in [-0.3, -0.25) is 9.35 Å². The quantitative estimate of drug-likeness (QED) is 0.185. The number of hydrogen-bond donors (Lipinski definition) is 5. The Labute approximate surface area is 253 Å². The second-order valence-corrected chi connectivity index (χ2v) is 8.55. The molecule has 3 aromatic rings. The molecule has 0 unspecified atom stereocenters. The fourth-order valence-corrected chi connectivity index (χ4v) is 3.83. The third-order valence-corrected chi connectivity index (χ3v) is 5.58. The van der Waals surface area contributed by atoms with Gasteiger partial charge in [-0.1, -0.05) is 12.1 Å². The van der Waals surface area contributed by atoms with Gasteiger partial charge in [0.05, 0.1) is 10.9 Å². The SMILES string of the molecule is O=C(O)[C@H]1O[C@@H](Oc2ccc3c(=O)c(-c4ccc(OS(=O)(=O)O)cc4)coc3c2)[C@H](O)[C@@H](O)[C@@H]1O.[Na].[Na]. The summed E-state index contributed by atoms with van der Waals surface area (Å²) in [7, 11) is -4.70. The molecule has 188 valence electrons. The van der Waals surface area contributed by atoms with Crippen LogP contribution in [0.3, 0.4) is 0 Å². The van der Waals surface area contributed by atoms with Crippen LogP contribution in [0.2, 0.25) is 0 Å². The molecule has 2 radical (unpaired) electrons. The molecule has 2 aromatic carbocycles. The van der Waals surface area contributed by atoms with E-state index in [1.165, 1.54) is 42.5 Å². The molecule has 1 aliphatic rings. The largest absolute Gasteiger partial charge is 0.479 e. The van der Waals surface area contributed by atoms with Crippen molar-refractivity contribution in [3.63, 3.8) is 0 Å². The number of benzene rings is 2. The minimum Gasteiger partial charge on any atom is -0.479 e. The van der Waals surface area contributed by atoms with Crippen molar-refractivity contribution in [1.29, 1.82) is 0 Å². The van der Waals surface area contributed by atoms with Crippen LogP contribution in [0.15, 0.2) is 57.9 Å². The van der Waals surface area contributed by atoms with Gasteiger partial charge in [0.1, 0.15) is 41.7 Å². The van der Waals surface area contributed by atoms with E-state index in [1.54, 1.807) is 0 Å². The smallest absolute Gasteiger partial charge is 0.446 e. The van der Waals surface area contributed by atoms with Crippen molar-refractivity contribution >= 4 is 86.5 Å². The summed E-state index contributed by atoms with van der Waals surface area (Å²) in [6, 6.07) is 9.20. The summed E-state index contributed by atoms with van der Waals surface area (Å²) < 4.78 is 50.6. The van der Waals surface area contributed by atoms with Gasteiger partial charge in [-0.25, -0.2) is 4.79 Å². The number of aliphatic hydroxyl groups excluding tert-OH is 3. The average molecular weight is 556 g/mol. The van der Waals surface area contributed by atoms with Crippen LogP contribution in [0.25, 0.3) is 22.1 Å². The molecule has 13 nitrogen and oxygen atoms in total. The number of carboxylic acid groups (broad SMARTS) is 1. The summed E-state index contributed by atoms with van der Waals surface area (Å²) in [5.74, 6) is -1.72. The van der Waals surface area contributed by atoms with Gasteiger partial charge in [0, 0.05) is 65.2 Å². The molecule has 0 amide bonds. The Balaban J connectivity index is 0.00000241. The minimum absolute atomic E-state index is 0. The van der Waals surface area contributed by atoms with Crippen LogP contribution in [0.4, 0.5) is 0 Å². The van der Waals surface area contributed by atoms with Crippen molar-refractivity contribution in [2.45, 2.75) is 30.7 Å². The molecular formula is C21H18Na2O13S. The zero-order valence-electron chi connectivity index (χ0n) is 19.4. The average Bonchev–Trinajstić information content (AvgIpc) is 2.79. The third kappa shape index (κ3) is 7.11. The summed E-state index contributed by atoms with van der Waals surface area (Å²) in [6.45, 7) is 0. The first kappa shape index (κ1) is 31.7. The molecule has 0 bridgehead atoms. The number of hydrogen-bond acceptors (Lipinski definition) is 11. The van der Waals surface area contributed by atoms with Gasteiger partial charge in [0.2, 0.25) is 6.29 Å². The van der Waals surface area contributed by atoms with Gasteiger partial charge < -0.3 is 38.5 Å². The number of rotatable bonds is 6. The van der Waals surface area contributed by atoms with Crippen LogP contribution < -0.4 is 14.3 Å². The molecule has 1 fully saturated rings. The summed E-state index contributed by atoms with van der Waals surface area (Å²) in [6.07, 6.45) is -7.80. The summed E-state index contributed by atoms with van der Waals surface area (Å²) >= 11 is 0. The number of aliphatic hydroxyl groups is 3. The Morgan fingerprint density at radius 1 is 0.919 bits per heavy atom. The molecule has 1 aromatic heterocycles. The van der Waals surface area contributed by atoms with Crippen LogP contribution in [0.5, 0.6) is 11.5 Å². The molecule has 0 spiro atoms. The molecule has 5 N–H and O–H groups in total. The fraction of sp³-hybridized carbons (Fsp3) is 0.238. The van der Waals surface area contributed by atoms with Crippen LogP contribution in [0.1, 0.15) is 0 Å². The van der Waals surface area contributed by atoms with Gasteiger partial charge >= 0.3 is 16.4 Å². The maximum absolute atomic E-state index is 12.9. The van der Waals surface area contributed by atoms with Crippen LogP contribution in [-0.2, 0) is 19.9 Å². The first-order valence-corrected chi connectivity index (χ1v) is 11.2. The molecule has 16 heteroatoms. The Kier molecular flexibility index (Phi) is 10.7. The molecule has 1 saturated heterocycles. The van der Waals surface area contributed by atoms with Gasteiger partial charge in [-0.2, -0.15) is 8.42 Å². The van der Waals surface area contributed by atoms with Gasteiger partial charge in [-0.05, 0) is 29.8 Å². The molecule has 5 atom stereocenters. The van der Waals surface area contributed by atoms with Crippen molar-refractivity contribution in [3.8, 4) is 22.6 Å². The number of carboxylic acids is 1. The third-order valence-electron chi connectivity index (χ3n) is 5.18. The molecule has 0 saturated carbocycles. The standard InChI is InChI=1S/C21H18O13S.2Na/c22-15-12-6-5-11(32-21-18(25)16(23)17(24)19(33-21)20(26)27)7-14(12)31-8-13(15)9-1-3-10(4-2-9)34-35(28,29)30;;/h1-8,16-19,21,23-25H,(H,26,27)(H,28,29,30);;/t16-,17-,18+,19-,21+;;/m0../s1. The second-order valence-electron chi connectivity index (χ2n) is 7.52. The first-order chi connectivity index (χ1) is 16.4. The predicted molar refractivity (Wildman–Crippen MR) is 127 cm³/mol. The van der Waals surface area contributed by atoms with Crippen molar-refractivity contribution in [2.24, 2.45) is 0 Å². The molecular weight excluding hydrogens is 538 g/mol. The maximum atomic E-state index is 12.9. The number of ether oxygens (including phenoxy) is 2. The minimum atomic E-state index is -4.70. The Bertz CT molecular complexity index is 1420. The normalized spacial score (nSPS) is 23.4. The van der Waals surface area contributed by atoms with E-state index < -0.39 is 52.5 Å². The maximum Gasteiger partial charge on any atom is 0.446 e. The van der Waals surface area contributed by atoms with E-state index in [0.29, 0.717) is 5.56 Å². The van der Waals surface area contributed by atoms with E-state index >= 15 is 0 Å². The predicted octanol–water partition coefficient (Wildman–Crippen LogP) is -0.849. The van der Waals surface area contributed by atoms with Gasteiger partial charge in [0.15, 0.2) is 11.5 Å². The molecule has 1 aliphatic heterocycles. The van der Waals surface area contributed by atoms with E-state index in [4.69, 9.17) is 23.6 Å². The zero-order chi connectivity index (χ0) is 25.5. The number of fused-ring (bicyclic) bond motifs is 1. The van der Waals surface area contributed by atoms with Crippen molar-refractivity contribution < 1.29 is 56.3 Å². The van der Waals surface area contributed by atoms with E-state index in [1.807, 2.05) is 0 Å². The molecule has 2 heterocycles. The Morgan fingerprint density at radius 3 is 2.14 bits per heavy atom. The Hall–Kier alpha value is -1.53. The first-order valence-electron chi connectivity index (χ1n) is 9.86. The van der Waals surface area contributed by atoms with E-state index in [-0.39, 0.29) is 87.1 Å². The molecule has 37 heavy (non-hydrogen) atoms. The van der Waals surface area contributed by atoms with Crippen LogP contribution in [0, 0.1) is 0 Å². The topological polar surface area (TPSA) is 210 Å². The summed E-state index contributed by atoms with van der Waals surface area (Å²) in [4.78, 5) is 24.2. The second kappa shape index (κ2) is 12.5. The van der Waals surface area contributed by atoms with Crippen LogP contribution >= 0.6 is 0 Å². The fourth-order valence-electron chi connectivity index (χ4n) is 3.48. The van der Waals surface area contributed by atoms with Crippen LogP contribution in [-0.4, -0.2) is 129 Å². The van der Waals surface area contributed by atoms with E-state index in [2.05, 4.69) is 4.18 Å². The van der Waals surface area contributed by atoms with Gasteiger partial charge in [-0.15, -0.1) is 0 Å². The van der Waals surface area contributed by atoms with Crippen molar-refractivity contribution in [2.75, 3.05) is 0 Å². The summed E-state index contributed by atoms with van der Waals surface area (Å²) in [5.41, 5.74) is 0.134.